The SMILES string of the molecule is O=[SH](=O)c1cccccccs1. The highest BCUT2D eigenvalue weighted by atomic mass is 32.2. The highest BCUT2D eigenvalue weighted by Gasteiger charge is 1.87. The van der Waals surface area contributed by atoms with E-state index in [-0.39, 0.29) is 0 Å². The van der Waals surface area contributed by atoms with Crippen molar-refractivity contribution in [3.63, 3.8) is 0 Å². The fourth-order valence-corrected chi connectivity index (χ4v) is 1.83. The molecule has 2 nitrogen and oxygen atoms in total. The van der Waals surface area contributed by atoms with E-state index in [2.05, 4.69) is 0 Å². The van der Waals surface area contributed by atoms with Gasteiger partial charge in [0.05, 0.1) is 0 Å². The molecule has 0 radical (unpaired) electrons. The second-order valence-electron chi connectivity index (χ2n) is 1.98. The van der Waals surface area contributed by atoms with Gasteiger partial charge in [0, 0.05) is 0 Å². The van der Waals surface area contributed by atoms with E-state index in [0.29, 0.717) is 4.21 Å². The predicted octanol–water partition coefficient (Wildman–Crippen LogP) is 1.84. The van der Waals surface area contributed by atoms with Crippen molar-refractivity contribution in [1.29, 1.82) is 0 Å². The summed E-state index contributed by atoms with van der Waals surface area (Å²) in [5.41, 5.74) is 0. The van der Waals surface area contributed by atoms with Gasteiger partial charge in [-0.25, -0.2) is 8.42 Å². The molecule has 0 aliphatic heterocycles. The topological polar surface area (TPSA) is 34.1 Å². The van der Waals surface area contributed by atoms with Crippen molar-refractivity contribution in [2.24, 2.45) is 0 Å². The Labute approximate surface area is 76.8 Å². The summed E-state index contributed by atoms with van der Waals surface area (Å²) in [5, 5.41) is 1.74. The van der Waals surface area contributed by atoms with Crippen molar-refractivity contribution < 1.29 is 8.42 Å². The molecule has 0 N–H and O–H groups in total. The zero-order valence-electron chi connectivity index (χ0n) is 6.21. The Kier molecular flexibility index (Phi) is 3.76. The minimum atomic E-state index is -2.47. The van der Waals surface area contributed by atoms with E-state index in [0.717, 1.165) is 0 Å². The molecular formula is C8H8O2S2. The van der Waals surface area contributed by atoms with Crippen molar-refractivity contribution in [1.82, 2.24) is 0 Å². The van der Waals surface area contributed by atoms with Crippen LogP contribution >= 0.6 is 11.3 Å². The van der Waals surface area contributed by atoms with Crippen LogP contribution in [0.3, 0.4) is 0 Å². The summed E-state index contributed by atoms with van der Waals surface area (Å²) in [7, 11) is -2.47. The number of thiol groups is 1. The molecule has 1 aromatic heterocycles. The van der Waals surface area contributed by atoms with Crippen molar-refractivity contribution in [2.45, 2.75) is 4.21 Å². The average Bonchev–Trinajstić information content (AvgIpc) is 2.15. The van der Waals surface area contributed by atoms with E-state index in [1.54, 1.807) is 29.6 Å². The zero-order valence-corrected chi connectivity index (χ0v) is 7.92. The van der Waals surface area contributed by atoms with Crippen LogP contribution in [-0.4, -0.2) is 8.42 Å². The molecule has 1 rings (SSSR count). The molecule has 4 heteroatoms. The number of hydrogen-bond donors (Lipinski definition) is 1. The van der Waals surface area contributed by atoms with Crippen LogP contribution in [0.15, 0.2) is 46.0 Å². The van der Waals surface area contributed by atoms with Gasteiger partial charge < -0.3 is 0 Å². The van der Waals surface area contributed by atoms with E-state index in [1.165, 1.54) is 11.3 Å². The van der Waals surface area contributed by atoms with E-state index in [4.69, 9.17) is 0 Å². The third-order valence-electron chi connectivity index (χ3n) is 1.13. The van der Waals surface area contributed by atoms with Crippen molar-refractivity contribution >= 4 is 22.0 Å². The van der Waals surface area contributed by atoms with E-state index in [9.17, 15) is 8.42 Å². The average molecular weight is 200 g/mol. The largest absolute Gasteiger partial charge is 0.226 e. The Balaban J connectivity index is 3.28. The predicted molar refractivity (Wildman–Crippen MR) is 50.5 cm³/mol. The maximum atomic E-state index is 10.6. The first kappa shape index (κ1) is 9.22. The first-order valence-corrected chi connectivity index (χ1v) is 5.37. The van der Waals surface area contributed by atoms with Gasteiger partial charge in [0.15, 0.2) is 10.7 Å². The molecule has 0 saturated heterocycles. The summed E-state index contributed by atoms with van der Waals surface area (Å²) < 4.78 is 21.5. The second kappa shape index (κ2) is 4.90. The maximum absolute atomic E-state index is 10.6. The van der Waals surface area contributed by atoms with Gasteiger partial charge in [-0.05, 0) is 11.4 Å². The molecule has 12 heavy (non-hydrogen) atoms. The van der Waals surface area contributed by atoms with Crippen LogP contribution in [-0.2, 0) is 10.7 Å². The number of rotatable bonds is 1. The van der Waals surface area contributed by atoms with Crippen LogP contribution in [0.5, 0.6) is 0 Å². The van der Waals surface area contributed by atoms with Crippen LogP contribution in [0.25, 0.3) is 0 Å². The molecule has 0 fully saturated rings. The molecule has 0 saturated carbocycles. The van der Waals surface area contributed by atoms with Gasteiger partial charge in [-0.2, -0.15) is 0 Å². The lowest BCUT2D eigenvalue weighted by molar-refractivity contribution is 0.616. The monoisotopic (exact) mass is 200 g/mol. The van der Waals surface area contributed by atoms with Gasteiger partial charge in [0.1, 0.15) is 4.21 Å². The molecule has 0 aromatic carbocycles. The fraction of sp³-hybridized carbons (Fsp3) is 0. The molecule has 0 amide bonds. The smallest absolute Gasteiger partial charge is 0.177 e. The molecular weight excluding hydrogens is 192 g/mol. The Hall–Kier alpha value is -0.870. The van der Waals surface area contributed by atoms with E-state index >= 15 is 0 Å². The lowest BCUT2D eigenvalue weighted by Gasteiger charge is -1.78. The highest BCUT2D eigenvalue weighted by molar-refractivity contribution is 7.75. The van der Waals surface area contributed by atoms with Crippen molar-refractivity contribution in [2.75, 3.05) is 0 Å². The summed E-state index contributed by atoms with van der Waals surface area (Å²) in [6.07, 6.45) is 0. The van der Waals surface area contributed by atoms with E-state index in [1.807, 2.05) is 12.1 Å². The molecule has 1 heterocycles. The van der Waals surface area contributed by atoms with Crippen LogP contribution in [0.1, 0.15) is 0 Å². The summed E-state index contributed by atoms with van der Waals surface area (Å²) in [5.74, 6) is 0. The summed E-state index contributed by atoms with van der Waals surface area (Å²) >= 11 is 1.20. The van der Waals surface area contributed by atoms with Crippen molar-refractivity contribution in [3.8, 4) is 0 Å². The summed E-state index contributed by atoms with van der Waals surface area (Å²) in [4.78, 5) is 0. The standard InChI is InChI=1S/C8H8O2S2/c9-12(10)8-6-4-2-1-3-5-7-11-8/h1-7,12H. The summed E-state index contributed by atoms with van der Waals surface area (Å²) in [6, 6.07) is 10.6. The Morgan fingerprint density at radius 1 is 1.00 bits per heavy atom. The van der Waals surface area contributed by atoms with Crippen LogP contribution < -0.4 is 0 Å². The van der Waals surface area contributed by atoms with Gasteiger partial charge in [0.25, 0.3) is 0 Å². The van der Waals surface area contributed by atoms with Crippen molar-refractivity contribution in [3.05, 3.63) is 41.8 Å². The van der Waals surface area contributed by atoms with Gasteiger partial charge in [-0.3, -0.25) is 0 Å². The Bertz CT molecular complexity index is 333. The van der Waals surface area contributed by atoms with Crippen LogP contribution in [0.2, 0.25) is 0 Å². The second-order valence-corrected chi connectivity index (χ2v) is 4.22. The molecule has 0 aliphatic carbocycles. The van der Waals surface area contributed by atoms with Crippen LogP contribution in [0.4, 0.5) is 0 Å². The van der Waals surface area contributed by atoms with E-state index < -0.39 is 10.7 Å². The molecule has 1 aromatic rings. The Morgan fingerprint density at radius 3 is 2.42 bits per heavy atom. The zero-order chi connectivity index (χ0) is 8.81. The summed E-state index contributed by atoms with van der Waals surface area (Å²) in [6.45, 7) is 0. The Morgan fingerprint density at radius 2 is 1.67 bits per heavy atom. The van der Waals surface area contributed by atoms with Gasteiger partial charge in [0.2, 0.25) is 0 Å². The first-order chi connectivity index (χ1) is 5.80. The van der Waals surface area contributed by atoms with Gasteiger partial charge in [-0.1, -0.05) is 30.3 Å². The van der Waals surface area contributed by atoms with Gasteiger partial charge in [-0.15, -0.1) is 11.3 Å². The molecule has 0 bridgehead atoms. The first-order valence-electron chi connectivity index (χ1n) is 3.32. The van der Waals surface area contributed by atoms with Gasteiger partial charge >= 0.3 is 0 Å². The number of hydrogen-bond acceptors (Lipinski definition) is 3. The molecule has 0 unspecified atom stereocenters. The lowest BCUT2D eigenvalue weighted by atomic mass is 10.5. The lowest BCUT2D eigenvalue weighted by Crippen LogP contribution is -1.69. The fourth-order valence-electron chi connectivity index (χ4n) is 0.628. The molecule has 0 atom stereocenters. The molecule has 64 valence electrons. The third kappa shape index (κ3) is 3.02. The molecule has 0 aliphatic rings. The quantitative estimate of drug-likeness (QED) is 0.702. The minimum Gasteiger partial charge on any atom is -0.226 e. The minimum absolute atomic E-state index is 0.362. The third-order valence-corrected chi connectivity index (χ3v) is 3.07. The normalized spacial score (nSPS) is 9.42. The van der Waals surface area contributed by atoms with Crippen LogP contribution in [0, 0.1) is 0 Å². The highest BCUT2D eigenvalue weighted by Crippen LogP contribution is 2.04. The molecule has 0 spiro atoms. The maximum Gasteiger partial charge on any atom is 0.177 e.